The molecule has 1 N–H and O–H groups in total. The van der Waals surface area contributed by atoms with Gasteiger partial charge in [0.15, 0.2) is 12.4 Å². The van der Waals surface area contributed by atoms with E-state index in [1.165, 1.54) is 0 Å². The Bertz CT molecular complexity index is 1260. The molecule has 6 nitrogen and oxygen atoms in total. The van der Waals surface area contributed by atoms with Crippen LogP contribution in [0.1, 0.15) is 13.8 Å². The number of benzene rings is 3. The van der Waals surface area contributed by atoms with Crippen molar-refractivity contribution in [3.05, 3.63) is 77.3 Å². The van der Waals surface area contributed by atoms with Crippen molar-refractivity contribution >= 4 is 44.1 Å². The summed E-state index contributed by atoms with van der Waals surface area (Å²) in [5.41, 5.74) is 2.64. The van der Waals surface area contributed by atoms with Gasteiger partial charge in [-0.3, -0.25) is 4.79 Å². The summed E-state index contributed by atoms with van der Waals surface area (Å²) < 4.78 is 6.67. The normalized spacial score (nSPS) is 10.8. The van der Waals surface area contributed by atoms with Gasteiger partial charge in [0.25, 0.3) is 5.91 Å². The van der Waals surface area contributed by atoms with Crippen molar-refractivity contribution in [3.8, 4) is 17.0 Å². The molecule has 0 bridgehead atoms. The van der Waals surface area contributed by atoms with Gasteiger partial charge in [-0.05, 0) is 56.3 Å². The summed E-state index contributed by atoms with van der Waals surface area (Å²) in [5, 5.41) is 14.3. The molecule has 0 saturated heterocycles. The Morgan fingerprint density at radius 1 is 0.939 bits per heavy atom. The molecular weight excluding hydrogens is 480 g/mol. The lowest BCUT2D eigenvalue weighted by atomic mass is 10.0. The molecule has 0 spiro atoms. The standard InChI is InChI=1S/C26H25BrN4O2/c1-3-31(4-2)24(32)17-33-21-14-12-18(13-15-21)25-22-10-5-6-11-23(22)26(30-29-25)28-20-9-7-8-19(27)16-20/h5-16H,3-4,17H2,1-2H3,(H,28,30). The average molecular weight is 505 g/mol. The van der Waals surface area contributed by atoms with Crippen molar-refractivity contribution < 1.29 is 9.53 Å². The van der Waals surface area contributed by atoms with Gasteiger partial charge in [-0.1, -0.05) is 46.3 Å². The molecule has 4 rings (SSSR count). The average Bonchev–Trinajstić information content (AvgIpc) is 2.84. The second-order valence-corrected chi connectivity index (χ2v) is 8.37. The van der Waals surface area contributed by atoms with Gasteiger partial charge >= 0.3 is 0 Å². The van der Waals surface area contributed by atoms with Gasteiger partial charge in [0.2, 0.25) is 0 Å². The number of fused-ring (bicyclic) bond motifs is 1. The Labute approximate surface area is 201 Å². The van der Waals surface area contributed by atoms with Gasteiger partial charge in [0.1, 0.15) is 11.4 Å². The number of rotatable bonds is 8. The van der Waals surface area contributed by atoms with Crippen LogP contribution in [0.2, 0.25) is 0 Å². The van der Waals surface area contributed by atoms with Crippen molar-refractivity contribution in [2.45, 2.75) is 13.8 Å². The van der Waals surface area contributed by atoms with Crippen LogP contribution in [-0.4, -0.2) is 40.7 Å². The zero-order chi connectivity index (χ0) is 23.2. The van der Waals surface area contributed by atoms with Crippen molar-refractivity contribution in [2.24, 2.45) is 0 Å². The molecule has 0 fully saturated rings. The second-order valence-electron chi connectivity index (χ2n) is 7.46. The van der Waals surface area contributed by atoms with Crippen LogP contribution >= 0.6 is 15.9 Å². The van der Waals surface area contributed by atoms with E-state index in [-0.39, 0.29) is 12.5 Å². The number of carbonyl (C=O) groups is 1. The number of carbonyl (C=O) groups excluding carboxylic acids is 1. The van der Waals surface area contributed by atoms with Crippen LogP contribution in [0, 0.1) is 0 Å². The lowest BCUT2D eigenvalue weighted by Crippen LogP contribution is -2.34. The van der Waals surface area contributed by atoms with E-state index in [2.05, 4.69) is 31.4 Å². The van der Waals surface area contributed by atoms with E-state index in [4.69, 9.17) is 4.74 Å². The smallest absolute Gasteiger partial charge is 0.260 e. The molecule has 0 aliphatic carbocycles. The molecule has 1 amide bonds. The molecule has 0 atom stereocenters. The molecule has 0 aliphatic heterocycles. The molecule has 168 valence electrons. The predicted molar refractivity (Wildman–Crippen MR) is 136 cm³/mol. The fourth-order valence-electron chi connectivity index (χ4n) is 3.63. The van der Waals surface area contributed by atoms with Gasteiger partial charge in [-0.25, -0.2) is 0 Å². The lowest BCUT2D eigenvalue weighted by molar-refractivity contribution is -0.132. The highest BCUT2D eigenvalue weighted by molar-refractivity contribution is 9.10. The van der Waals surface area contributed by atoms with E-state index in [9.17, 15) is 4.79 Å². The molecule has 4 aromatic rings. The number of ether oxygens (including phenoxy) is 1. The topological polar surface area (TPSA) is 67.4 Å². The summed E-state index contributed by atoms with van der Waals surface area (Å²) >= 11 is 3.50. The molecule has 0 aliphatic rings. The third-order valence-corrected chi connectivity index (χ3v) is 5.87. The molecule has 0 saturated carbocycles. The van der Waals surface area contributed by atoms with Crippen molar-refractivity contribution in [1.29, 1.82) is 0 Å². The minimum atomic E-state index is -0.0190. The number of nitrogens with zero attached hydrogens (tertiary/aromatic N) is 3. The van der Waals surface area contributed by atoms with Gasteiger partial charge < -0.3 is 15.0 Å². The highest BCUT2D eigenvalue weighted by atomic mass is 79.9. The van der Waals surface area contributed by atoms with Gasteiger partial charge in [0, 0.05) is 39.6 Å². The molecule has 33 heavy (non-hydrogen) atoms. The number of aromatic nitrogens is 2. The summed E-state index contributed by atoms with van der Waals surface area (Å²) in [6.07, 6.45) is 0. The van der Waals surface area contributed by atoms with Crippen molar-refractivity contribution in [1.82, 2.24) is 15.1 Å². The number of amides is 1. The van der Waals surface area contributed by atoms with Crippen molar-refractivity contribution in [3.63, 3.8) is 0 Å². The molecule has 3 aromatic carbocycles. The summed E-state index contributed by atoms with van der Waals surface area (Å²) in [6, 6.07) is 23.6. The van der Waals surface area contributed by atoms with E-state index in [0.29, 0.717) is 24.7 Å². The number of anilines is 2. The third-order valence-electron chi connectivity index (χ3n) is 5.38. The van der Waals surface area contributed by atoms with Gasteiger partial charge in [-0.15, -0.1) is 10.2 Å². The van der Waals surface area contributed by atoms with Crippen molar-refractivity contribution in [2.75, 3.05) is 25.0 Å². The molecular formula is C26H25BrN4O2. The summed E-state index contributed by atoms with van der Waals surface area (Å²) in [4.78, 5) is 13.9. The maximum absolute atomic E-state index is 12.2. The van der Waals surface area contributed by atoms with Crippen LogP contribution in [0.15, 0.2) is 77.3 Å². The Kier molecular flexibility index (Phi) is 7.19. The largest absolute Gasteiger partial charge is 0.484 e. The number of hydrogen-bond donors (Lipinski definition) is 1. The Morgan fingerprint density at radius 2 is 1.67 bits per heavy atom. The minimum Gasteiger partial charge on any atom is -0.484 e. The summed E-state index contributed by atoms with van der Waals surface area (Å²) in [7, 11) is 0. The van der Waals surface area contributed by atoms with Crippen LogP contribution in [-0.2, 0) is 4.79 Å². The molecule has 1 heterocycles. The van der Waals surface area contributed by atoms with E-state index in [1.807, 2.05) is 86.6 Å². The SMILES string of the molecule is CCN(CC)C(=O)COc1ccc(-c2nnc(Nc3cccc(Br)c3)c3ccccc23)cc1. The summed E-state index contributed by atoms with van der Waals surface area (Å²) in [6.45, 7) is 5.30. The first-order valence-corrected chi connectivity index (χ1v) is 11.7. The zero-order valence-corrected chi connectivity index (χ0v) is 20.2. The Morgan fingerprint density at radius 3 is 2.36 bits per heavy atom. The quantitative estimate of drug-likeness (QED) is 0.316. The maximum Gasteiger partial charge on any atom is 0.260 e. The second kappa shape index (κ2) is 10.4. The monoisotopic (exact) mass is 504 g/mol. The van der Waals surface area contributed by atoms with Crippen LogP contribution < -0.4 is 10.1 Å². The first-order chi connectivity index (χ1) is 16.1. The third kappa shape index (κ3) is 5.31. The van der Waals surface area contributed by atoms with Gasteiger partial charge in [-0.2, -0.15) is 0 Å². The highest BCUT2D eigenvalue weighted by Crippen LogP contribution is 2.32. The van der Waals surface area contributed by atoms with E-state index in [0.717, 1.165) is 32.2 Å². The maximum atomic E-state index is 12.2. The first kappa shape index (κ1) is 22.7. The number of halogens is 1. The highest BCUT2D eigenvalue weighted by Gasteiger charge is 2.13. The molecule has 1 aromatic heterocycles. The fraction of sp³-hybridized carbons (Fsp3) is 0.192. The van der Waals surface area contributed by atoms with E-state index >= 15 is 0 Å². The van der Waals surface area contributed by atoms with Crippen LogP contribution in [0.25, 0.3) is 22.0 Å². The molecule has 7 heteroatoms. The molecule has 0 radical (unpaired) electrons. The van der Waals surface area contributed by atoms with Crippen LogP contribution in [0.5, 0.6) is 5.75 Å². The number of hydrogen-bond acceptors (Lipinski definition) is 5. The number of likely N-dealkylation sites (N-methyl/N-ethyl adjacent to an activating group) is 1. The van der Waals surface area contributed by atoms with Crippen LogP contribution in [0.4, 0.5) is 11.5 Å². The minimum absolute atomic E-state index is 0.0190. The fourth-order valence-corrected chi connectivity index (χ4v) is 4.03. The van der Waals surface area contributed by atoms with Gasteiger partial charge in [0.05, 0.1) is 0 Å². The Hall–Kier alpha value is -3.45. The predicted octanol–water partition coefficient (Wildman–Crippen LogP) is 6.05. The molecule has 0 unspecified atom stereocenters. The van der Waals surface area contributed by atoms with Crippen LogP contribution in [0.3, 0.4) is 0 Å². The Balaban J connectivity index is 1.57. The number of nitrogens with one attached hydrogen (secondary N) is 1. The van der Waals surface area contributed by atoms with E-state index in [1.54, 1.807) is 4.90 Å². The van der Waals surface area contributed by atoms with E-state index < -0.39 is 0 Å². The first-order valence-electron chi connectivity index (χ1n) is 10.9. The zero-order valence-electron chi connectivity index (χ0n) is 18.6. The lowest BCUT2D eigenvalue weighted by Gasteiger charge is -2.18. The summed E-state index contributed by atoms with van der Waals surface area (Å²) in [5.74, 6) is 1.32.